The summed E-state index contributed by atoms with van der Waals surface area (Å²) in [5.41, 5.74) is 17.5. The van der Waals surface area contributed by atoms with Gasteiger partial charge in [0, 0.05) is 34.0 Å². The predicted octanol–water partition coefficient (Wildman–Crippen LogP) is 3.18. The van der Waals surface area contributed by atoms with Crippen molar-refractivity contribution in [3.63, 3.8) is 0 Å². The molecule has 0 amide bonds. The Hall–Kier alpha value is -2.10. The molecule has 0 saturated carbocycles. The van der Waals surface area contributed by atoms with Crippen molar-refractivity contribution >= 4 is 33.6 Å². The number of cyclic esters (lactones) is 1. The Morgan fingerprint density at radius 2 is 2.00 bits per heavy atom. The normalized spacial score (nSPS) is 21.2. The van der Waals surface area contributed by atoms with Crippen LogP contribution in [0.3, 0.4) is 0 Å². The second-order valence-corrected chi connectivity index (χ2v) is 13.6. The van der Waals surface area contributed by atoms with Gasteiger partial charge in [0.25, 0.3) is 0 Å². The maximum absolute atomic E-state index is 14.0. The second-order valence-electron chi connectivity index (χ2n) is 9.22. The van der Waals surface area contributed by atoms with E-state index in [0.717, 1.165) is 0 Å². The molecule has 10 heteroatoms. The van der Waals surface area contributed by atoms with E-state index in [1.165, 1.54) is 24.3 Å². The van der Waals surface area contributed by atoms with Crippen molar-refractivity contribution in [3.8, 4) is 0 Å². The third kappa shape index (κ3) is 6.02. The zero-order chi connectivity index (χ0) is 24.3. The van der Waals surface area contributed by atoms with Crippen LogP contribution in [0.15, 0.2) is 35.8 Å². The molecule has 180 valence electrons. The Labute approximate surface area is 196 Å². The molecule has 0 bridgehead atoms. The van der Waals surface area contributed by atoms with E-state index >= 15 is 0 Å². The van der Waals surface area contributed by atoms with Gasteiger partial charge in [-0.25, -0.2) is 4.39 Å². The van der Waals surface area contributed by atoms with Crippen LogP contribution >= 0.6 is 21.9 Å². The maximum atomic E-state index is 14.0. The highest BCUT2D eigenvalue weighted by atomic mass is 35.5. The van der Waals surface area contributed by atoms with Crippen LogP contribution in [0.2, 0.25) is 5.02 Å². The van der Waals surface area contributed by atoms with Gasteiger partial charge in [0.15, 0.2) is 0 Å². The molecular weight excluding hydrogens is 455 g/mol. The monoisotopic (exact) mass is 488 g/mol. The number of carbonyl (C=O) groups is 1. The zero-order valence-corrected chi connectivity index (χ0v) is 20.8. The van der Waals surface area contributed by atoms with Gasteiger partial charge in [-0.3, -0.25) is 4.79 Å². The number of nitrogens with one attached hydrogen (secondary N) is 1. The topological polar surface area (TPSA) is 126 Å². The third-order valence-corrected chi connectivity index (χ3v) is 9.72. The Kier molecular flexibility index (Phi) is 8.01. The van der Waals surface area contributed by atoms with Gasteiger partial charge in [0.05, 0.1) is 18.9 Å². The molecule has 2 rings (SSSR count). The van der Waals surface area contributed by atoms with Crippen LogP contribution in [0, 0.1) is 11.2 Å². The van der Waals surface area contributed by atoms with Crippen molar-refractivity contribution in [2.45, 2.75) is 31.9 Å². The fraction of sp³-hybridized carbons (Fsp3) is 0.500. The fourth-order valence-corrected chi connectivity index (χ4v) is 3.83. The first kappa shape index (κ1) is 26.2. The number of esters is 1. The summed E-state index contributed by atoms with van der Waals surface area (Å²) in [4.78, 5) is 12.6. The molecule has 7 N–H and O–H groups in total. The van der Waals surface area contributed by atoms with E-state index in [0.29, 0.717) is 18.1 Å². The van der Waals surface area contributed by atoms with Crippen LogP contribution in [0.25, 0.3) is 5.70 Å². The Bertz CT molecular complexity index is 930. The summed E-state index contributed by atoms with van der Waals surface area (Å²) < 4.78 is 25.5. The van der Waals surface area contributed by atoms with E-state index in [-0.39, 0.29) is 46.6 Å². The number of benzene rings is 1. The van der Waals surface area contributed by atoms with Crippen molar-refractivity contribution in [3.05, 3.63) is 52.2 Å². The smallest absolute Gasteiger partial charge is 0.316 e. The standard InChI is InChI=1S/C22H34ClFN4O3S/c1-21(2,3)32(4,5)31-13-22(8-9-30-20(22)29)12-28-19(27)18(26)11-17(25)15-10-14(23)6-7-16(15)24/h6-7,10-11,28H,8-9,12-13,25-27H2,1-5H3/b17-11-,19-18-. The summed E-state index contributed by atoms with van der Waals surface area (Å²) in [7, 11) is -1.43. The molecule has 1 saturated heterocycles. The van der Waals surface area contributed by atoms with Gasteiger partial charge in [-0.1, -0.05) is 32.4 Å². The van der Waals surface area contributed by atoms with Crippen molar-refractivity contribution in [1.82, 2.24) is 5.32 Å². The number of carbonyl (C=O) groups excluding carboxylic acids is 1. The fourth-order valence-electron chi connectivity index (χ4n) is 2.78. The van der Waals surface area contributed by atoms with Gasteiger partial charge in [0.2, 0.25) is 0 Å². The highest BCUT2D eigenvalue weighted by molar-refractivity contribution is 8.29. The lowest BCUT2D eigenvalue weighted by atomic mass is 9.87. The number of rotatable bonds is 8. The Morgan fingerprint density at radius 3 is 2.56 bits per heavy atom. The Balaban J connectivity index is 2.17. The minimum Gasteiger partial charge on any atom is -0.465 e. The van der Waals surface area contributed by atoms with E-state index in [1.807, 2.05) is 0 Å². The summed E-state index contributed by atoms with van der Waals surface area (Å²) in [6.45, 7) is 7.03. The van der Waals surface area contributed by atoms with E-state index in [2.05, 4.69) is 38.6 Å². The van der Waals surface area contributed by atoms with Crippen LogP contribution in [0.4, 0.5) is 4.39 Å². The molecule has 1 aliphatic heterocycles. The molecule has 1 fully saturated rings. The van der Waals surface area contributed by atoms with Crippen molar-refractivity contribution in [2.24, 2.45) is 22.6 Å². The molecular formula is C22H34ClFN4O3S. The molecule has 32 heavy (non-hydrogen) atoms. The lowest BCUT2D eigenvalue weighted by Crippen LogP contribution is -2.44. The molecule has 0 aromatic heterocycles. The van der Waals surface area contributed by atoms with E-state index in [4.69, 9.17) is 37.7 Å². The number of halogens is 2. The number of hydrogen-bond donors (Lipinski definition) is 4. The SMILES string of the molecule is CC(C)(C)S(C)(C)OCC1(CN/C(N)=C(N)/C=C(\N)c2cc(Cl)ccc2F)CCOC1=O. The first-order chi connectivity index (χ1) is 14.7. The maximum Gasteiger partial charge on any atom is 0.316 e. The molecule has 1 aliphatic rings. The minimum absolute atomic E-state index is 0.0502. The summed E-state index contributed by atoms with van der Waals surface area (Å²) in [6, 6.07) is 4.05. The molecule has 1 atom stereocenters. The number of nitrogens with two attached hydrogens (primary N) is 3. The molecule has 1 aromatic carbocycles. The first-order valence-corrected chi connectivity index (χ1v) is 12.9. The number of hydrogen-bond acceptors (Lipinski definition) is 7. The molecule has 1 heterocycles. The average Bonchev–Trinajstić information content (AvgIpc) is 3.06. The zero-order valence-electron chi connectivity index (χ0n) is 19.3. The van der Waals surface area contributed by atoms with Crippen molar-refractivity contribution in [2.75, 3.05) is 32.3 Å². The summed E-state index contributed by atoms with van der Waals surface area (Å²) in [5.74, 6) is -0.760. The van der Waals surface area contributed by atoms with Crippen molar-refractivity contribution in [1.29, 1.82) is 0 Å². The lowest BCUT2D eigenvalue weighted by Gasteiger charge is -2.45. The van der Waals surface area contributed by atoms with Crippen LogP contribution in [0.5, 0.6) is 0 Å². The van der Waals surface area contributed by atoms with Gasteiger partial charge >= 0.3 is 5.97 Å². The second kappa shape index (κ2) is 9.80. The highest BCUT2D eigenvalue weighted by Gasteiger charge is 2.46. The van der Waals surface area contributed by atoms with Crippen LogP contribution in [0.1, 0.15) is 32.8 Å². The Morgan fingerprint density at radius 1 is 1.34 bits per heavy atom. The molecule has 0 radical (unpaired) electrons. The van der Waals surface area contributed by atoms with Gasteiger partial charge in [-0.2, -0.15) is 0 Å². The largest absolute Gasteiger partial charge is 0.465 e. The number of ether oxygens (including phenoxy) is 1. The van der Waals surface area contributed by atoms with Crippen LogP contribution in [-0.4, -0.2) is 43.0 Å². The van der Waals surface area contributed by atoms with Gasteiger partial charge < -0.3 is 31.4 Å². The third-order valence-electron chi connectivity index (χ3n) is 5.83. The first-order valence-electron chi connectivity index (χ1n) is 10.1. The molecule has 0 aliphatic carbocycles. The van der Waals surface area contributed by atoms with Gasteiger partial charge in [-0.15, -0.1) is 10.3 Å². The van der Waals surface area contributed by atoms with Crippen LogP contribution in [-0.2, 0) is 13.7 Å². The average molecular weight is 489 g/mol. The summed E-state index contributed by atoms with van der Waals surface area (Å²) >= 11 is 5.92. The minimum atomic E-state index is -1.43. The van der Waals surface area contributed by atoms with E-state index in [1.54, 1.807) is 0 Å². The van der Waals surface area contributed by atoms with Gasteiger partial charge in [-0.05, 0) is 36.8 Å². The molecule has 7 nitrogen and oxygen atoms in total. The summed E-state index contributed by atoms with van der Waals surface area (Å²) in [5, 5.41) is 3.34. The lowest BCUT2D eigenvalue weighted by molar-refractivity contribution is -0.147. The molecule has 0 spiro atoms. The van der Waals surface area contributed by atoms with Crippen LogP contribution < -0.4 is 22.5 Å². The summed E-state index contributed by atoms with van der Waals surface area (Å²) in [6.07, 6.45) is 5.99. The highest BCUT2D eigenvalue weighted by Crippen LogP contribution is 2.54. The molecule has 1 aromatic rings. The van der Waals surface area contributed by atoms with Crippen molar-refractivity contribution < 1.29 is 18.1 Å². The predicted molar refractivity (Wildman–Crippen MR) is 130 cm³/mol. The molecule has 1 unspecified atom stereocenters. The number of allylic oxidation sites excluding steroid dienone is 1. The van der Waals surface area contributed by atoms with E-state index in [9.17, 15) is 9.18 Å². The van der Waals surface area contributed by atoms with E-state index < -0.39 is 21.5 Å². The van der Waals surface area contributed by atoms with Gasteiger partial charge in [0.1, 0.15) is 17.1 Å². The quantitative estimate of drug-likeness (QED) is 0.327.